The third kappa shape index (κ3) is 3.90. The molecule has 2 aromatic rings. The maximum atomic E-state index is 6.31. The van der Waals surface area contributed by atoms with Crippen LogP contribution in [0.1, 0.15) is 36.0 Å². The Morgan fingerprint density at radius 1 is 1.05 bits per heavy atom. The summed E-state index contributed by atoms with van der Waals surface area (Å²) < 4.78 is 0. The van der Waals surface area contributed by atoms with Gasteiger partial charge in [-0.05, 0) is 48.9 Å². The molecule has 2 unspecified atom stereocenters. The van der Waals surface area contributed by atoms with Crippen molar-refractivity contribution in [2.24, 2.45) is 5.73 Å². The molecule has 0 aliphatic rings. The third-order valence-electron chi connectivity index (χ3n) is 3.76. The maximum Gasteiger partial charge on any atom is 0.0270 e. The Kier molecular flexibility index (Phi) is 4.69. The first-order chi connectivity index (χ1) is 9.16. The third-order valence-corrected chi connectivity index (χ3v) is 3.76. The molecule has 0 aliphatic heterocycles. The van der Waals surface area contributed by atoms with Crippen molar-refractivity contribution in [3.63, 3.8) is 0 Å². The van der Waals surface area contributed by atoms with E-state index in [2.05, 4.69) is 55.2 Å². The Balaban J connectivity index is 1.90. The van der Waals surface area contributed by atoms with Crippen LogP contribution in [-0.2, 0) is 6.42 Å². The van der Waals surface area contributed by atoms with Crippen LogP contribution in [0.3, 0.4) is 0 Å². The second kappa shape index (κ2) is 6.48. The highest BCUT2D eigenvalue weighted by molar-refractivity contribution is 5.22. The molecule has 0 radical (unpaired) electrons. The van der Waals surface area contributed by atoms with Crippen LogP contribution in [0, 0.1) is 6.92 Å². The van der Waals surface area contributed by atoms with Gasteiger partial charge in [-0.15, -0.1) is 0 Å². The number of aromatic nitrogens is 1. The van der Waals surface area contributed by atoms with Gasteiger partial charge < -0.3 is 5.73 Å². The molecule has 0 aliphatic carbocycles. The second-order valence-corrected chi connectivity index (χ2v) is 5.26. The molecular weight excluding hydrogens is 232 g/mol. The molecule has 0 saturated heterocycles. The summed E-state index contributed by atoms with van der Waals surface area (Å²) in [4.78, 5) is 4.05. The number of benzene rings is 1. The Labute approximate surface area is 115 Å². The van der Waals surface area contributed by atoms with Crippen LogP contribution in [0.5, 0.6) is 0 Å². The van der Waals surface area contributed by atoms with Gasteiger partial charge in [-0.25, -0.2) is 0 Å². The zero-order chi connectivity index (χ0) is 13.7. The van der Waals surface area contributed by atoms with E-state index in [1.807, 2.05) is 12.4 Å². The van der Waals surface area contributed by atoms with Crippen molar-refractivity contribution in [1.82, 2.24) is 4.98 Å². The second-order valence-electron chi connectivity index (χ2n) is 5.26. The van der Waals surface area contributed by atoms with E-state index in [9.17, 15) is 0 Å². The first-order valence-electron chi connectivity index (χ1n) is 6.88. The predicted molar refractivity (Wildman–Crippen MR) is 80.1 cm³/mol. The molecule has 2 heteroatoms. The standard InChI is InChI=1S/C17H22N2/c1-13-3-5-15(6-4-13)7-8-17(18)14(2)16-9-11-19-12-10-16/h3-6,9-12,14,17H,7-8,18H2,1-2H3. The number of hydrogen-bond acceptors (Lipinski definition) is 2. The van der Waals surface area contributed by atoms with E-state index >= 15 is 0 Å². The quantitative estimate of drug-likeness (QED) is 0.887. The number of hydrogen-bond donors (Lipinski definition) is 1. The summed E-state index contributed by atoms with van der Waals surface area (Å²) in [6.07, 6.45) is 5.71. The van der Waals surface area contributed by atoms with E-state index in [4.69, 9.17) is 5.73 Å². The monoisotopic (exact) mass is 254 g/mol. The molecular formula is C17H22N2. The highest BCUT2D eigenvalue weighted by Gasteiger charge is 2.14. The van der Waals surface area contributed by atoms with Gasteiger partial charge in [0.25, 0.3) is 0 Å². The van der Waals surface area contributed by atoms with E-state index in [-0.39, 0.29) is 6.04 Å². The fourth-order valence-electron chi connectivity index (χ4n) is 2.25. The summed E-state index contributed by atoms with van der Waals surface area (Å²) in [5.74, 6) is 0.369. The van der Waals surface area contributed by atoms with Gasteiger partial charge in [0.05, 0.1) is 0 Å². The van der Waals surface area contributed by atoms with Crippen molar-refractivity contribution in [3.8, 4) is 0 Å². The number of rotatable bonds is 5. The van der Waals surface area contributed by atoms with Gasteiger partial charge in [0, 0.05) is 18.4 Å². The summed E-state index contributed by atoms with van der Waals surface area (Å²) in [7, 11) is 0. The van der Waals surface area contributed by atoms with Gasteiger partial charge in [-0.2, -0.15) is 0 Å². The first-order valence-corrected chi connectivity index (χ1v) is 6.88. The van der Waals surface area contributed by atoms with Gasteiger partial charge in [0.1, 0.15) is 0 Å². The Morgan fingerprint density at radius 2 is 1.68 bits per heavy atom. The van der Waals surface area contributed by atoms with Crippen LogP contribution in [0.25, 0.3) is 0 Å². The highest BCUT2D eigenvalue weighted by Crippen LogP contribution is 2.20. The first kappa shape index (κ1) is 13.8. The molecule has 0 fully saturated rings. The van der Waals surface area contributed by atoms with E-state index in [1.54, 1.807) is 0 Å². The van der Waals surface area contributed by atoms with Crippen molar-refractivity contribution in [2.45, 2.75) is 38.6 Å². The molecule has 0 spiro atoms. The summed E-state index contributed by atoms with van der Waals surface area (Å²) >= 11 is 0. The minimum absolute atomic E-state index is 0.184. The molecule has 2 nitrogen and oxygen atoms in total. The van der Waals surface area contributed by atoms with Crippen molar-refractivity contribution < 1.29 is 0 Å². The van der Waals surface area contributed by atoms with Crippen molar-refractivity contribution >= 4 is 0 Å². The smallest absolute Gasteiger partial charge is 0.0270 e. The van der Waals surface area contributed by atoms with Crippen LogP contribution in [0.2, 0.25) is 0 Å². The summed E-state index contributed by atoms with van der Waals surface area (Å²) in [6, 6.07) is 13.0. The van der Waals surface area contributed by atoms with E-state index in [1.165, 1.54) is 16.7 Å². The van der Waals surface area contributed by atoms with Crippen LogP contribution in [0.15, 0.2) is 48.8 Å². The summed E-state index contributed by atoms with van der Waals surface area (Å²) in [5.41, 5.74) is 10.2. The minimum Gasteiger partial charge on any atom is -0.327 e. The molecule has 0 saturated carbocycles. The minimum atomic E-state index is 0.184. The zero-order valence-electron chi connectivity index (χ0n) is 11.7. The van der Waals surface area contributed by atoms with Crippen molar-refractivity contribution in [1.29, 1.82) is 0 Å². The molecule has 2 rings (SSSR count). The number of aryl methyl sites for hydroxylation is 2. The molecule has 1 aromatic heterocycles. The van der Waals surface area contributed by atoms with Crippen LogP contribution in [-0.4, -0.2) is 11.0 Å². The SMILES string of the molecule is Cc1ccc(CCC(N)C(C)c2ccncc2)cc1. The molecule has 2 N–H and O–H groups in total. The zero-order valence-corrected chi connectivity index (χ0v) is 11.7. The van der Waals surface area contributed by atoms with E-state index in [0.717, 1.165) is 12.8 Å². The molecule has 0 bridgehead atoms. The van der Waals surface area contributed by atoms with Crippen LogP contribution < -0.4 is 5.73 Å². The van der Waals surface area contributed by atoms with E-state index in [0.29, 0.717) is 5.92 Å². The van der Waals surface area contributed by atoms with Gasteiger partial charge in [0.2, 0.25) is 0 Å². The van der Waals surface area contributed by atoms with E-state index < -0.39 is 0 Å². The van der Waals surface area contributed by atoms with Gasteiger partial charge in [-0.3, -0.25) is 4.98 Å². The van der Waals surface area contributed by atoms with Gasteiger partial charge in [-0.1, -0.05) is 36.8 Å². The van der Waals surface area contributed by atoms with Gasteiger partial charge in [0.15, 0.2) is 0 Å². The Morgan fingerprint density at radius 3 is 2.32 bits per heavy atom. The maximum absolute atomic E-state index is 6.31. The average Bonchev–Trinajstić information content (AvgIpc) is 2.46. The molecule has 2 atom stereocenters. The highest BCUT2D eigenvalue weighted by atomic mass is 14.7. The summed E-state index contributed by atoms with van der Waals surface area (Å²) in [5, 5.41) is 0. The molecule has 1 heterocycles. The topological polar surface area (TPSA) is 38.9 Å². The lowest BCUT2D eigenvalue weighted by molar-refractivity contribution is 0.528. The number of pyridine rings is 1. The Bertz CT molecular complexity index is 490. The normalized spacial score (nSPS) is 14.1. The van der Waals surface area contributed by atoms with Crippen molar-refractivity contribution in [2.75, 3.05) is 0 Å². The molecule has 1 aromatic carbocycles. The Hall–Kier alpha value is -1.67. The van der Waals surface area contributed by atoms with Gasteiger partial charge >= 0.3 is 0 Å². The molecule has 100 valence electrons. The lowest BCUT2D eigenvalue weighted by Gasteiger charge is -2.20. The molecule has 0 amide bonds. The molecule has 19 heavy (non-hydrogen) atoms. The largest absolute Gasteiger partial charge is 0.327 e. The average molecular weight is 254 g/mol. The number of nitrogens with zero attached hydrogens (tertiary/aromatic N) is 1. The number of nitrogens with two attached hydrogens (primary N) is 1. The lowest BCUT2D eigenvalue weighted by atomic mass is 9.90. The summed E-state index contributed by atoms with van der Waals surface area (Å²) in [6.45, 7) is 4.30. The lowest BCUT2D eigenvalue weighted by Crippen LogP contribution is -2.27. The fraction of sp³-hybridized carbons (Fsp3) is 0.353. The van der Waals surface area contributed by atoms with Crippen molar-refractivity contribution in [3.05, 3.63) is 65.5 Å². The van der Waals surface area contributed by atoms with Crippen LogP contribution in [0.4, 0.5) is 0 Å². The predicted octanol–water partition coefficient (Wildman–Crippen LogP) is 3.45. The van der Waals surface area contributed by atoms with Crippen LogP contribution >= 0.6 is 0 Å². The fourth-order valence-corrected chi connectivity index (χ4v) is 2.25.